The summed E-state index contributed by atoms with van der Waals surface area (Å²) in [6.07, 6.45) is -0.172. The van der Waals surface area contributed by atoms with Gasteiger partial charge in [0.05, 0.1) is 5.71 Å². The van der Waals surface area contributed by atoms with Crippen LogP contribution in [0.1, 0.15) is 31.4 Å². The Hall–Kier alpha value is -2.53. The number of ether oxygens (including phenoxy) is 1. The van der Waals surface area contributed by atoms with E-state index in [-0.39, 0.29) is 11.7 Å². The second-order valence-corrected chi connectivity index (χ2v) is 6.01. The molecule has 0 saturated carbocycles. The van der Waals surface area contributed by atoms with E-state index in [4.69, 9.17) is 16.3 Å². The first-order valence-corrected chi connectivity index (χ1v) is 8.37. The number of halogens is 1. The molecule has 25 heavy (non-hydrogen) atoms. The Morgan fingerprint density at radius 3 is 2.68 bits per heavy atom. The molecule has 0 aliphatic heterocycles. The Morgan fingerprint density at radius 2 is 2.04 bits per heavy atom. The highest BCUT2D eigenvalue weighted by molar-refractivity contribution is 6.30. The van der Waals surface area contributed by atoms with E-state index in [0.29, 0.717) is 28.5 Å². The van der Waals surface area contributed by atoms with E-state index in [1.165, 1.54) is 0 Å². The highest BCUT2D eigenvalue weighted by Gasteiger charge is 2.16. The number of phenols is 1. The molecule has 2 aromatic rings. The Morgan fingerprint density at radius 1 is 1.32 bits per heavy atom. The van der Waals surface area contributed by atoms with Crippen molar-refractivity contribution in [1.29, 1.82) is 0 Å². The Bertz CT molecular complexity index is 790. The average Bonchev–Trinajstić information content (AvgIpc) is 2.59. The number of benzene rings is 2. The lowest BCUT2D eigenvalue weighted by molar-refractivity contribution is -0.127. The number of hydrazone groups is 1. The SMILES string of the molecule is CC/C(=N\NC(=O)C(C)Oc1ccc(Cl)cc1C)c1ccccc1O. The molecule has 1 atom stereocenters. The smallest absolute Gasteiger partial charge is 0.280 e. The molecule has 0 bridgehead atoms. The van der Waals surface area contributed by atoms with Crippen molar-refractivity contribution in [3.8, 4) is 11.5 Å². The van der Waals surface area contributed by atoms with Gasteiger partial charge in [0.15, 0.2) is 6.10 Å². The normalized spacial score (nSPS) is 12.6. The van der Waals surface area contributed by atoms with Crippen LogP contribution in [0.5, 0.6) is 11.5 Å². The maximum atomic E-state index is 12.2. The fraction of sp³-hybridized carbons (Fsp3) is 0.263. The zero-order valence-corrected chi connectivity index (χ0v) is 15.2. The van der Waals surface area contributed by atoms with E-state index in [2.05, 4.69) is 10.5 Å². The summed E-state index contributed by atoms with van der Waals surface area (Å²) in [6, 6.07) is 12.1. The fourth-order valence-corrected chi connectivity index (χ4v) is 2.48. The molecule has 1 amide bonds. The fourth-order valence-electron chi connectivity index (χ4n) is 2.25. The molecule has 1 unspecified atom stereocenters. The number of aryl methyl sites for hydroxylation is 1. The van der Waals surface area contributed by atoms with Gasteiger partial charge in [-0.3, -0.25) is 4.79 Å². The molecule has 0 aromatic heterocycles. The van der Waals surface area contributed by atoms with Crippen LogP contribution >= 0.6 is 11.6 Å². The molecule has 0 heterocycles. The van der Waals surface area contributed by atoms with Crippen LogP contribution in [0.15, 0.2) is 47.6 Å². The summed E-state index contributed by atoms with van der Waals surface area (Å²) in [4.78, 5) is 12.2. The molecular formula is C19H21ClN2O3. The van der Waals surface area contributed by atoms with Crippen LogP contribution in [0.2, 0.25) is 5.02 Å². The van der Waals surface area contributed by atoms with Gasteiger partial charge in [-0.25, -0.2) is 5.43 Å². The monoisotopic (exact) mass is 360 g/mol. The van der Waals surface area contributed by atoms with E-state index in [0.717, 1.165) is 5.56 Å². The molecule has 0 saturated heterocycles. The van der Waals surface area contributed by atoms with Crippen molar-refractivity contribution < 1.29 is 14.6 Å². The van der Waals surface area contributed by atoms with Gasteiger partial charge in [0.1, 0.15) is 11.5 Å². The lowest BCUT2D eigenvalue weighted by atomic mass is 10.1. The van der Waals surface area contributed by atoms with Gasteiger partial charge in [0.25, 0.3) is 5.91 Å². The molecule has 0 fully saturated rings. The van der Waals surface area contributed by atoms with Gasteiger partial charge in [0.2, 0.25) is 0 Å². The molecule has 132 valence electrons. The van der Waals surface area contributed by atoms with Crippen LogP contribution < -0.4 is 10.2 Å². The van der Waals surface area contributed by atoms with Crippen molar-refractivity contribution in [2.45, 2.75) is 33.3 Å². The summed E-state index contributed by atoms with van der Waals surface area (Å²) >= 11 is 5.91. The number of nitrogens with one attached hydrogen (secondary N) is 1. The summed E-state index contributed by atoms with van der Waals surface area (Å²) in [5.74, 6) is 0.335. The van der Waals surface area contributed by atoms with Gasteiger partial charge in [-0.05, 0) is 56.2 Å². The summed E-state index contributed by atoms with van der Waals surface area (Å²) in [5.41, 5.74) is 4.52. The van der Waals surface area contributed by atoms with Crippen LogP contribution in [0, 0.1) is 6.92 Å². The summed E-state index contributed by atoms with van der Waals surface area (Å²) in [5, 5.41) is 14.6. The van der Waals surface area contributed by atoms with Crippen molar-refractivity contribution in [1.82, 2.24) is 5.43 Å². The number of aromatic hydroxyl groups is 1. The predicted molar refractivity (Wildman–Crippen MR) is 99.4 cm³/mol. The summed E-state index contributed by atoms with van der Waals surface area (Å²) < 4.78 is 5.67. The van der Waals surface area contributed by atoms with E-state index in [1.807, 2.05) is 13.8 Å². The lowest BCUT2D eigenvalue weighted by Gasteiger charge is -2.15. The van der Waals surface area contributed by atoms with Gasteiger partial charge in [-0.1, -0.05) is 30.7 Å². The number of carbonyl (C=O) groups excluding carboxylic acids is 1. The second-order valence-electron chi connectivity index (χ2n) is 5.58. The number of phenolic OH excluding ortho intramolecular Hbond substituents is 1. The van der Waals surface area contributed by atoms with Crippen LogP contribution in [-0.2, 0) is 4.79 Å². The Labute approximate surface area is 152 Å². The van der Waals surface area contributed by atoms with Gasteiger partial charge in [0, 0.05) is 10.6 Å². The van der Waals surface area contributed by atoms with Crippen LogP contribution in [-0.4, -0.2) is 22.8 Å². The third-order valence-electron chi connectivity index (χ3n) is 3.66. The number of carbonyl (C=O) groups is 1. The van der Waals surface area contributed by atoms with Crippen molar-refractivity contribution in [3.63, 3.8) is 0 Å². The molecule has 0 aliphatic carbocycles. The first kappa shape index (κ1) is 18.8. The number of para-hydroxylation sites is 1. The maximum Gasteiger partial charge on any atom is 0.280 e. The van der Waals surface area contributed by atoms with E-state index in [1.54, 1.807) is 49.4 Å². The minimum absolute atomic E-state index is 0.124. The maximum absolute atomic E-state index is 12.2. The number of nitrogens with zero attached hydrogens (tertiary/aromatic N) is 1. The molecule has 6 heteroatoms. The number of hydrogen-bond acceptors (Lipinski definition) is 4. The molecule has 2 aromatic carbocycles. The van der Waals surface area contributed by atoms with Crippen LogP contribution in [0.25, 0.3) is 0 Å². The molecule has 2 rings (SSSR count). The molecule has 0 radical (unpaired) electrons. The zero-order chi connectivity index (χ0) is 18.4. The van der Waals surface area contributed by atoms with Gasteiger partial charge < -0.3 is 9.84 Å². The van der Waals surface area contributed by atoms with Crippen LogP contribution in [0.3, 0.4) is 0 Å². The third-order valence-corrected chi connectivity index (χ3v) is 3.90. The van der Waals surface area contributed by atoms with Crippen molar-refractivity contribution in [2.75, 3.05) is 0 Å². The molecule has 0 spiro atoms. The standard InChI is InChI=1S/C19H21ClN2O3/c1-4-16(15-7-5-6-8-17(15)23)21-22-19(24)13(3)25-18-10-9-14(20)11-12(18)2/h5-11,13,23H,4H2,1-3H3,(H,22,24)/b21-16+. The van der Waals surface area contributed by atoms with E-state index >= 15 is 0 Å². The third kappa shape index (κ3) is 4.97. The van der Waals surface area contributed by atoms with Crippen LogP contribution in [0.4, 0.5) is 0 Å². The highest BCUT2D eigenvalue weighted by atomic mass is 35.5. The topological polar surface area (TPSA) is 70.9 Å². The molecule has 0 aliphatic rings. The van der Waals surface area contributed by atoms with Crippen molar-refractivity contribution >= 4 is 23.2 Å². The Kier molecular flexibility index (Phi) is 6.42. The summed E-state index contributed by atoms with van der Waals surface area (Å²) in [7, 11) is 0. The number of amides is 1. The predicted octanol–water partition coefficient (Wildman–Crippen LogP) is 4.05. The first-order chi connectivity index (χ1) is 11.9. The van der Waals surface area contributed by atoms with Gasteiger partial charge in [-0.15, -0.1) is 0 Å². The molecule has 2 N–H and O–H groups in total. The minimum Gasteiger partial charge on any atom is -0.507 e. The quantitative estimate of drug-likeness (QED) is 0.603. The number of hydrogen-bond donors (Lipinski definition) is 2. The molecular weight excluding hydrogens is 340 g/mol. The highest BCUT2D eigenvalue weighted by Crippen LogP contribution is 2.23. The second kappa shape index (κ2) is 8.53. The van der Waals surface area contributed by atoms with Crippen molar-refractivity contribution in [3.05, 3.63) is 58.6 Å². The summed E-state index contributed by atoms with van der Waals surface area (Å²) in [6.45, 7) is 5.40. The van der Waals surface area contributed by atoms with Gasteiger partial charge in [-0.2, -0.15) is 5.10 Å². The number of rotatable bonds is 6. The minimum atomic E-state index is -0.730. The largest absolute Gasteiger partial charge is 0.507 e. The Balaban J connectivity index is 2.06. The zero-order valence-electron chi connectivity index (χ0n) is 14.4. The van der Waals surface area contributed by atoms with Crippen molar-refractivity contribution in [2.24, 2.45) is 5.10 Å². The molecule has 5 nitrogen and oxygen atoms in total. The lowest BCUT2D eigenvalue weighted by Crippen LogP contribution is -2.34. The average molecular weight is 361 g/mol. The van der Waals surface area contributed by atoms with E-state index in [9.17, 15) is 9.90 Å². The van der Waals surface area contributed by atoms with Gasteiger partial charge >= 0.3 is 0 Å². The first-order valence-electron chi connectivity index (χ1n) is 8.00. The van der Waals surface area contributed by atoms with E-state index < -0.39 is 6.10 Å².